The molecule has 5 nitrogen and oxygen atoms in total. The van der Waals surface area contributed by atoms with E-state index in [4.69, 9.17) is 10.8 Å². The minimum Gasteiger partial charge on any atom is -1.00 e. The number of carbonyl (C=O) groups excluding carboxylic acids is 1. The van der Waals surface area contributed by atoms with Gasteiger partial charge in [-0.25, -0.2) is 4.79 Å². The maximum absolute atomic E-state index is 10.5. The highest BCUT2D eigenvalue weighted by Gasteiger charge is 2.09. The van der Waals surface area contributed by atoms with Crippen molar-refractivity contribution in [2.45, 2.75) is 6.54 Å². The van der Waals surface area contributed by atoms with Gasteiger partial charge in [-0.2, -0.15) is 4.57 Å². The molecule has 6 heteroatoms. The summed E-state index contributed by atoms with van der Waals surface area (Å²) in [5, 5.41) is 8.61. The predicted octanol–water partition coefficient (Wildman–Crippen LogP) is -3.84. The fourth-order valence-electron chi connectivity index (χ4n) is 0.927. The van der Waals surface area contributed by atoms with E-state index in [2.05, 4.69) is 0 Å². The van der Waals surface area contributed by atoms with Crippen LogP contribution in [0.2, 0.25) is 0 Å². The van der Waals surface area contributed by atoms with Crippen molar-refractivity contribution in [1.29, 1.82) is 0 Å². The van der Waals surface area contributed by atoms with Gasteiger partial charge in [0.2, 0.25) is 6.54 Å². The molecule has 0 aliphatic carbocycles. The first-order valence-corrected chi connectivity index (χ1v) is 3.60. The molecule has 0 radical (unpaired) electrons. The number of primary amides is 1. The quantitative estimate of drug-likeness (QED) is 0.443. The molecule has 0 saturated carbocycles. The second-order valence-corrected chi connectivity index (χ2v) is 2.54. The van der Waals surface area contributed by atoms with Crippen molar-refractivity contribution in [1.82, 2.24) is 0 Å². The molecule has 14 heavy (non-hydrogen) atoms. The van der Waals surface area contributed by atoms with Crippen LogP contribution in [0.1, 0.15) is 10.4 Å². The first-order chi connectivity index (χ1) is 6.09. The third-order valence-electron chi connectivity index (χ3n) is 1.44. The summed E-state index contributed by atoms with van der Waals surface area (Å²) < 4.78 is 1.42. The number of carboxylic acid groups (broad SMARTS) is 1. The summed E-state index contributed by atoms with van der Waals surface area (Å²) in [6.45, 7) is -0.0128. The Morgan fingerprint density at radius 3 is 2.64 bits per heavy atom. The molecule has 0 aliphatic heterocycles. The van der Waals surface area contributed by atoms with Gasteiger partial charge in [-0.3, -0.25) is 4.79 Å². The second-order valence-electron chi connectivity index (χ2n) is 2.54. The van der Waals surface area contributed by atoms with E-state index in [0.717, 1.165) is 0 Å². The van der Waals surface area contributed by atoms with E-state index < -0.39 is 11.9 Å². The standard InChI is InChI=1S/C8H8N2O3.HI/c9-7(11)5-10-3-1-2-6(4-10)8(12)13;/h1-4H,5H2,(H2-,9,11,12,13);1H. The van der Waals surface area contributed by atoms with Crippen molar-refractivity contribution in [3.8, 4) is 0 Å². The molecule has 0 aromatic carbocycles. The Bertz CT molecular complexity index is 354. The summed E-state index contributed by atoms with van der Waals surface area (Å²) in [7, 11) is 0. The number of pyridine rings is 1. The summed E-state index contributed by atoms with van der Waals surface area (Å²) in [4.78, 5) is 21.0. The fraction of sp³-hybridized carbons (Fsp3) is 0.125. The van der Waals surface area contributed by atoms with Crippen molar-refractivity contribution in [2.24, 2.45) is 5.73 Å². The highest BCUT2D eigenvalue weighted by atomic mass is 127. The Morgan fingerprint density at radius 1 is 1.50 bits per heavy atom. The van der Waals surface area contributed by atoms with Gasteiger partial charge in [-0.05, 0) is 6.07 Å². The van der Waals surface area contributed by atoms with Crippen LogP contribution in [0.5, 0.6) is 0 Å². The lowest BCUT2D eigenvalue weighted by Gasteiger charge is -1.93. The van der Waals surface area contributed by atoms with Crippen LogP contribution in [0.3, 0.4) is 0 Å². The Labute approximate surface area is 97.6 Å². The minimum absolute atomic E-state index is 0. The number of halogens is 1. The Morgan fingerprint density at radius 2 is 2.14 bits per heavy atom. The van der Waals surface area contributed by atoms with E-state index in [9.17, 15) is 9.59 Å². The van der Waals surface area contributed by atoms with E-state index in [1.807, 2.05) is 0 Å². The summed E-state index contributed by atoms with van der Waals surface area (Å²) >= 11 is 0. The van der Waals surface area contributed by atoms with Crippen molar-refractivity contribution in [2.75, 3.05) is 0 Å². The minimum atomic E-state index is -1.03. The molecular formula is C8H9IN2O3. The molecule has 0 saturated heterocycles. The topological polar surface area (TPSA) is 84.3 Å². The zero-order valence-corrected chi connectivity index (χ0v) is 9.34. The number of hydrogen-bond acceptors (Lipinski definition) is 2. The average Bonchev–Trinajstić information content (AvgIpc) is 2.03. The first kappa shape index (κ1) is 12.8. The van der Waals surface area contributed by atoms with Crippen molar-refractivity contribution in [3.63, 3.8) is 0 Å². The maximum atomic E-state index is 10.5. The van der Waals surface area contributed by atoms with E-state index in [-0.39, 0.29) is 36.1 Å². The van der Waals surface area contributed by atoms with Gasteiger partial charge in [-0.1, -0.05) is 0 Å². The number of nitrogens with zero attached hydrogens (tertiary/aromatic N) is 1. The van der Waals surface area contributed by atoms with Gasteiger partial charge in [0, 0.05) is 6.07 Å². The number of carboxylic acids is 1. The number of aromatic nitrogens is 1. The molecule has 3 N–H and O–H groups in total. The molecule has 1 rings (SSSR count). The summed E-state index contributed by atoms with van der Waals surface area (Å²) in [6.07, 6.45) is 2.93. The fourth-order valence-corrected chi connectivity index (χ4v) is 0.927. The van der Waals surface area contributed by atoms with Crippen LogP contribution >= 0.6 is 0 Å². The molecular weight excluding hydrogens is 299 g/mol. The predicted molar refractivity (Wildman–Crippen MR) is 42.8 cm³/mol. The number of amides is 1. The molecule has 76 valence electrons. The summed E-state index contributed by atoms with van der Waals surface area (Å²) in [5.41, 5.74) is 5.07. The second kappa shape index (κ2) is 5.53. The molecule has 0 spiro atoms. The van der Waals surface area contributed by atoms with E-state index in [1.165, 1.54) is 16.8 Å². The average molecular weight is 308 g/mol. The highest BCUT2D eigenvalue weighted by Crippen LogP contribution is 1.92. The molecule has 0 unspecified atom stereocenters. The van der Waals surface area contributed by atoms with Gasteiger partial charge >= 0.3 is 5.97 Å². The van der Waals surface area contributed by atoms with Crippen LogP contribution in [-0.2, 0) is 11.3 Å². The third-order valence-corrected chi connectivity index (χ3v) is 1.44. The lowest BCUT2D eigenvalue weighted by Crippen LogP contribution is -3.00. The lowest BCUT2D eigenvalue weighted by molar-refractivity contribution is -0.684. The van der Waals surface area contributed by atoms with Crippen molar-refractivity contribution in [3.05, 3.63) is 30.1 Å². The van der Waals surface area contributed by atoms with Crippen LogP contribution in [-0.4, -0.2) is 17.0 Å². The van der Waals surface area contributed by atoms with Crippen LogP contribution in [0.15, 0.2) is 24.5 Å². The lowest BCUT2D eigenvalue weighted by atomic mass is 10.3. The summed E-state index contributed by atoms with van der Waals surface area (Å²) in [5.74, 6) is -1.54. The Hall–Kier alpha value is -1.18. The van der Waals surface area contributed by atoms with Crippen LogP contribution in [0, 0.1) is 0 Å². The van der Waals surface area contributed by atoms with Crippen molar-refractivity contribution < 1.29 is 43.2 Å². The number of rotatable bonds is 3. The van der Waals surface area contributed by atoms with Gasteiger partial charge in [0.05, 0.1) is 0 Å². The van der Waals surface area contributed by atoms with E-state index >= 15 is 0 Å². The number of aromatic carboxylic acids is 1. The third kappa shape index (κ3) is 3.69. The molecule has 0 aliphatic rings. The molecule has 0 fully saturated rings. The molecule has 0 atom stereocenters. The number of hydrogen-bond donors (Lipinski definition) is 2. The SMILES string of the molecule is NC(=O)C[n+]1cccc(C(=O)O)c1.[I-]. The normalized spacial score (nSPS) is 8.86. The van der Waals surface area contributed by atoms with Gasteiger partial charge < -0.3 is 34.8 Å². The van der Waals surface area contributed by atoms with E-state index in [1.54, 1.807) is 12.3 Å². The number of nitrogens with two attached hydrogens (primary N) is 1. The van der Waals surface area contributed by atoms with Crippen LogP contribution < -0.4 is 34.3 Å². The van der Waals surface area contributed by atoms with Gasteiger partial charge in [0.25, 0.3) is 5.91 Å². The zero-order valence-electron chi connectivity index (χ0n) is 7.18. The molecule has 1 aromatic heterocycles. The van der Waals surface area contributed by atoms with Crippen molar-refractivity contribution >= 4 is 11.9 Å². The molecule has 0 bridgehead atoms. The van der Waals surface area contributed by atoms with Gasteiger partial charge in [0.1, 0.15) is 5.56 Å². The number of carbonyl (C=O) groups is 2. The largest absolute Gasteiger partial charge is 1.00 e. The van der Waals surface area contributed by atoms with Gasteiger partial charge in [0.15, 0.2) is 12.4 Å². The first-order valence-electron chi connectivity index (χ1n) is 3.60. The Balaban J connectivity index is 0.00000169. The molecule has 1 amide bonds. The maximum Gasteiger partial charge on any atom is 0.341 e. The summed E-state index contributed by atoms with van der Waals surface area (Å²) in [6, 6.07) is 2.99. The Kier molecular flexibility index (Phi) is 5.06. The highest BCUT2D eigenvalue weighted by molar-refractivity contribution is 5.86. The van der Waals surface area contributed by atoms with Crippen LogP contribution in [0.4, 0.5) is 0 Å². The smallest absolute Gasteiger partial charge is 0.341 e. The zero-order chi connectivity index (χ0) is 9.84. The molecule has 1 heterocycles. The van der Waals surface area contributed by atoms with E-state index in [0.29, 0.717) is 0 Å². The van der Waals surface area contributed by atoms with Gasteiger partial charge in [-0.15, -0.1) is 0 Å². The monoisotopic (exact) mass is 308 g/mol. The van der Waals surface area contributed by atoms with Crippen LogP contribution in [0.25, 0.3) is 0 Å². The molecule has 1 aromatic rings.